The molecule has 138 valence electrons. The van der Waals surface area contributed by atoms with Crippen LogP contribution in [0.1, 0.15) is 35.7 Å². The van der Waals surface area contributed by atoms with Crippen molar-refractivity contribution >= 4 is 39.2 Å². The molecule has 0 saturated carbocycles. The van der Waals surface area contributed by atoms with Crippen LogP contribution < -0.4 is 10.1 Å². The first-order valence-corrected chi connectivity index (χ1v) is 9.74. The van der Waals surface area contributed by atoms with Gasteiger partial charge in [0.25, 0.3) is 5.91 Å². The third kappa shape index (κ3) is 6.11. The normalized spacial score (nSPS) is 10.3. The number of ether oxygens (including phenoxy) is 1. The summed E-state index contributed by atoms with van der Waals surface area (Å²) < 4.78 is 6.57. The van der Waals surface area contributed by atoms with Crippen LogP contribution in [0.25, 0.3) is 0 Å². The van der Waals surface area contributed by atoms with Crippen LogP contribution in [0.2, 0.25) is 0 Å². The zero-order chi connectivity index (χ0) is 18.9. The van der Waals surface area contributed by atoms with Crippen molar-refractivity contribution in [1.29, 1.82) is 0 Å². The highest BCUT2D eigenvalue weighted by atomic mass is 79.9. The van der Waals surface area contributed by atoms with Crippen molar-refractivity contribution in [2.45, 2.75) is 26.3 Å². The van der Waals surface area contributed by atoms with Crippen molar-refractivity contribution in [2.24, 2.45) is 0 Å². The van der Waals surface area contributed by atoms with Gasteiger partial charge in [0.05, 0.1) is 12.2 Å². The number of nitrogens with zero attached hydrogens (tertiary/aromatic N) is 1. The first-order valence-electron chi connectivity index (χ1n) is 8.54. The van der Waals surface area contributed by atoms with E-state index in [0.29, 0.717) is 29.6 Å². The van der Waals surface area contributed by atoms with Crippen LogP contribution in [-0.2, 0) is 6.54 Å². The average Bonchev–Trinajstić information content (AvgIpc) is 2.63. The van der Waals surface area contributed by atoms with Crippen molar-refractivity contribution < 1.29 is 9.53 Å². The SMILES string of the molecule is CCCCOc1ccc(Br)cc1C(=O)NC(=S)N(C)Cc1ccccc1. The maximum absolute atomic E-state index is 12.7. The van der Waals surface area contributed by atoms with Crippen molar-refractivity contribution in [3.05, 3.63) is 64.1 Å². The summed E-state index contributed by atoms with van der Waals surface area (Å²) in [5, 5.41) is 3.17. The van der Waals surface area contributed by atoms with Gasteiger partial charge in [-0.05, 0) is 42.4 Å². The molecule has 0 aliphatic rings. The van der Waals surface area contributed by atoms with E-state index in [0.717, 1.165) is 22.9 Å². The van der Waals surface area contributed by atoms with E-state index in [-0.39, 0.29) is 5.91 Å². The van der Waals surface area contributed by atoms with Gasteiger partial charge in [-0.25, -0.2) is 0 Å². The average molecular weight is 435 g/mol. The minimum atomic E-state index is -0.275. The summed E-state index contributed by atoms with van der Waals surface area (Å²) in [6, 6.07) is 15.4. The predicted molar refractivity (Wildman–Crippen MR) is 113 cm³/mol. The van der Waals surface area contributed by atoms with Gasteiger partial charge in [-0.3, -0.25) is 10.1 Å². The molecule has 0 bridgehead atoms. The molecule has 0 heterocycles. The van der Waals surface area contributed by atoms with Gasteiger partial charge in [-0.2, -0.15) is 0 Å². The predicted octanol–water partition coefficient (Wildman–Crippen LogP) is 4.77. The molecule has 0 radical (unpaired) electrons. The lowest BCUT2D eigenvalue weighted by atomic mass is 10.2. The summed E-state index contributed by atoms with van der Waals surface area (Å²) in [6.45, 7) is 3.30. The molecule has 0 fully saturated rings. The minimum Gasteiger partial charge on any atom is -0.493 e. The Balaban J connectivity index is 2.03. The number of hydrogen-bond donors (Lipinski definition) is 1. The summed E-state index contributed by atoms with van der Waals surface area (Å²) in [4.78, 5) is 14.5. The Morgan fingerprint density at radius 1 is 1.23 bits per heavy atom. The standard InChI is InChI=1S/C20H23BrN2O2S/c1-3-4-12-25-18-11-10-16(21)13-17(18)19(24)22-20(26)23(2)14-15-8-6-5-7-9-15/h5-11,13H,3-4,12,14H2,1-2H3,(H,22,24,26). The molecule has 4 nitrogen and oxygen atoms in total. The zero-order valence-electron chi connectivity index (χ0n) is 15.0. The van der Waals surface area contributed by atoms with Gasteiger partial charge >= 0.3 is 0 Å². The summed E-state index contributed by atoms with van der Waals surface area (Å²) in [5.41, 5.74) is 1.59. The number of unbranched alkanes of at least 4 members (excludes halogenated alkanes) is 1. The molecule has 0 spiro atoms. The molecule has 0 unspecified atom stereocenters. The molecule has 6 heteroatoms. The van der Waals surface area contributed by atoms with E-state index in [1.807, 2.05) is 48.3 Å². The highest BCUT2D eigenvalue weighted by molar-refractivity contribution is 9.10. The Bertz CT molecular complexity index is 753. The van der Waals surface area contributed by atoms with Crippen molar-refractivity contribution in [1.82, 2.24) is 10.2 Å². The van der Waals surface area contributed by atoms with Gasteiger partial charge in [0, 0.05) is 18.1 Å². The van der Waals surface area contributed by atoms with E-state index >= 15 is 0 Å². The molecule has 0 aliphatic heterocycles. The molecule has 2 rings (SSSR count). The molecule has 0 aliphatic carbocycles. The van der Waals surface area contributed by atoms with E-state index in [2.05, 4.69) is 28.2 Å². The Labute approximate surface area is 168 Å². The van der Waals surface area contributed by atoms with E-state index in [1.165, 1.54) is 0 Å². The molecule has 0 atom stereocenters. The fourth-order valence-electron chi connectivity index (χ4n) is 2.32. The lowest BCUT2D eigenvalue weighted by molar-refractivity contribution is 0.0969. The van der Waals surface area contributed by atoms with Crippen LogP contribution in [0.5, 0.6) is 5.75 Å². The fourth-order valence-corrected chi connectivity index (χ4v) is 2.84. The first kappa shape index (κ1) is 20.4. The van der Waals surface area contributed by atoms with Crippen molar-refractivity contribution in [3.8, 4) is 5.75 Å². The van der Waals surface area contributed by atoms with Crippen LogP contribution >= 0.6 is 28.1 Å². The largest absolute Gasteiger partial charge is 0.493 e. The molecular weight excluding hydrogens is 412 g/mol. The van der Waals surface area contributed by atoms with Crippen LogP contribution in [0.4, 0.5) is 0 Å². The topological polar surface area (TPSA) is 41.6 Å². The van der Waals surface area contributed by atoms with E-state index in [4.69, 9.17) is 17.0 Å². The molecule has 26 heavy (non-hydrogen) atoms. The molecule has 2 aromatic rings. The van der Waals surface area contributed by atoms with Crippen LogP contribution in [0, 0.1) is 0 Å². The monoisotopic (exact) mass is 434 g/mol. The second kappa shape index (κ2) is 10.3. The highest BCUT2D eigenvalue weighted by Crippen LogP contribution is 2.23. The van der Waals surface area contributed by atoms with Crippen molar-refractivity contribution in [2.75, 3.05) is 13.7 Å². The summed E-state index contributed by atoms with van der Waals surface area (Å²) in [5.74, 6) is 0.287. The van der Waals surface area contributed by atoms with Crippen LogP contribution in [0.3, 0.4) is 0 Å². The van der Waals surface area contributed by atoms with Gasteiger partial charge in [0.15, 0.2) is 5.11 Å². The number of halogens is 1. The smallest absolute Gasteiger partial charge is 0.261 e. The van der Waals surface area contributed by atoms with Gasteiger partial charge in [-0.1, -0.05) is 59.6 Å². The summed E-state index contributed by atoms with van der Waals surface area (Å²) in [7, 11) is 1.86. The van der Waals surface area contributed by atoms with Crippen LogP contribution in [0.15, 0.2) is 53.0 Å². The van der Waals surface area contributed by atoms with Crippen molar-refractivity contribution in [3.63, 3.8) is 0 Å². The van der Waals surface area contributed by atoms with E-state index in [9.17, 15) is 4.79 Å². The molecule has 0 aromatic heterocycles. The Hall–Kier alpha value is -1.92. The maximum Gasteiger partial charge on any atom is 0.261 e. The van der Waals surface area contributed by atoms with Gasteiger partial charge in [-0.15, -0.1) is 0 Å². The van der Waals surface area contributed by atoms with E-state index < -0.39 is 0 Å². The fraction of sp³-hybridized carbons (Fsp3) is 0.300. The molecule has 0 saturated heterocycles. The zero-order valence-corrected chi connectivity index (χ0v) is 17.4. The molecule has 2 aromatic carbocycles. The number of amides is 1. The number of rotatable bonds is 7. The summed E-state index contributed by atoms with van der Waals surface area (Å²) in [6.07, 6.45) is 1.97. The van der Waals surface area contributed by atoms with E-state index in [1.54, 1.807) is 12.1 Å². The van der Waals surface area contributed by atoms with Gasteiger partial charge in [0.1, 0.15) is 5.75 Å². The molecule has 1 N–H and O–H groups in total. The highest BCUT2D eigenvalue weighted by Gasteiger charge is 2.16. The van der Waals surface area contributed by atoms with Gasteiger partial charge in [0.2, 0.25) is 0 Å². The number of hydrogen-bond acceptors (Lipinski definition) is 3. The minimum absolute atomic E-state index is 0.275. The van der Waals surface area contributed by atoms with Gasteiger partial charge < -0.3 is 9.64 Å². The number of carbonyl (C=O) groups is 1. The second-order valence-electron chi connectivity index (χ2n) is 5.94. The Kier molecular flexibility index (Phi) is 8.06. The Morgan fingerprint density at radius 2 is 1.96 bits per heavy atom. The number of nitrogens with one attached hydrogen (secondary N) is 1. The lowest BCUT2D eigenvalue weighted by Gasteiger charge is -2.21. The van der Waals surface area contributed by atoms with Crippen LogP contribution in [-0.4, -0.2) is 29.6 Å². The molecular formula is C20H23BrN2O2S. The quantitative estimate of drug-likeness (QED) is 0.502. The first-order chi connectivity index (χ1) is 12.5. The number of benzene rings is 2. The lowest BCUT2D eigenvalue weighted by Crippen LogP contribution is -2.40. The third-order valence-corrected chi connectivity index (χ3v) is 4.68. The second-order valence-corrected chi connectivity index (χ2v) is 7.25. The molecule has 1 amide bonds. The number of carbonyl (C=O) groups excluding carboxylic acids is 1. The maximum atomic E-state index is 12.7. The number of thiocarbonyl (C=S) groups is 1. The summed E-state index contributed by atoms with van der Waals surface area (Å²) >= 11 is 8.78. The Morgan fingerprint density at radius 3 is 2.65 bits per heavy atom. The third-order valence-electron chi connectivity index (χ3n) is 3.77.